The van der Waals surface area contributed by atoms with Crippen molar-refractivity contribution >= 4 is 82.6 Å². The standard InChI is InChI=1S/C66H43N3/c1-2-18-44(19-3-1)68-61-28-14-12-23-53(61)58-39-47(33-36-63(58)68)67(48-34-37-64-59(40-48)54-24-13-15-29-62(54)69(64)45-31-30-42-16-4-5-17-43(42)38-45)46-32-35-52-51-22-8-11-27-57(51)66(60(52)41-46)65-55-25-9-6-20-49(55)50-21-7-10-26-56(50)65/h1-18,20-41,44H,19H2. The zero-order valence-electron chi connectivity index (χ0n) is 37.7. The van der Waals surface area contributed by atoms with Crippen LogP contribution in [0.3, 0.4) is 0 Å². The molecule has 322 valence electrons. The van der Waals surface area contributed by atoms with Crippen molar-refractivity contribution in [2.75, 3.05) is 4.90 Å². The van der Waals surface area contributed by atoms with E-state index in [0.717, 1.165) is 29.2 Å². The van der Waals surface area contributed by atoms with Crippen LogP contribution in [0, 0.1) is 0 Å². The van der Waals surface area contributed by atoms with E-state index in [2.05, 4.69) is 257 Å². The molecule has 0 amide bonds. The minimum Gasteiger partial charge on any atom is -0.333 e. The highest BCUT2D eigenvalue weighted by Gasteiger charge is 2.33. The van der Waals surface area contributed by atoms with Gasteiger partial charge in [0.15, 0.2) is 0 Å². The summed E-state index contributed by atoms with van der Waals surface area (Å²) in [7, 11) is 0. The minimum absolute atomic E-state index is 0.248. The zero-order chi connectivity index (χ0) is 45.2. The Labute approximate surface area is 400 Å². The smallest absolute Gasteiger partial charge is 0.0560 e. The number of nitrogens with zero attached hydrogens (tertiary/aromatic N) is 3. The van der Waals surface area contributed by atoms with Crippen LogP contribution in [-0.4, -0.2) is 9.13 Å². The Kier molecular flexibility index (Phi) is 8.19. The fourth-order valence-electron chi connectivity index (χ4n) is 12.1. The van der Waals surface area contributed by atoms with Crippen molar-refractivity contribution < 1.29 is 0 Å². The number of para-hydroxylation sites is 2. The predicted octanol–water partition coefficient (Wildman–Crippen LogP) is 17.5. The fourth-order valence-corrected chi connectivity index (χ4v) is 12.1. The van der Waals surface area contributed by atoms with Crippen LogP contribution in [0.5, 0.6) is 0 Å². The summed E-state index contributed by atoms with van der Waals surface area (Å²) in [4.78, 5) is 2.50. The molecule has 0 fully saturated rings. The van der Waals surface area contributed by atoms with E-state index in [1.807, 2.05) is 0 Å². The highest BCUT2D eigenvalue weighted by Crippen LogP contribution is 2.55. The van der Waals surface area contributed by atoms with Crippen LogP contribution in [0.25, 0.3) is 93.5 Å². The summed E-state index contributed by atoms with van der Waals surface area (Å²) in [5.74, 6) is 0. The van der Waals surface area contributed by atoms with E-state index in [9.17, 15) is 0 Å². The number of hydrogen-bond donors (Lipinski definition) is 0. The molecule has 0 saturated carbocycles. The van der Waals surface area contributed by atoms with Gasteiger partial charge in [0.1, 0.15) is 0 Å². The molecular formula is C66H43N3. The molecule has 0 aliphatic heterocycles. The van der Waals surface area contributed by atoms with Crippen molar-refractivity contribution in [3.8, 4) is 27.9 Å². The highest BCUT2D eigenvalue weighted by atomic mass is 15.1. The van der Waals surface area contributed by atoms with E-state index in [-0.39, 0.29) is 6.04 Å². The number of fused-ring (bicyclic) bond motifs is 13. The molecule has 69 heavy (non-hydrogen) atoms. The summed E-state index contributed by atoms with van der Waals surface area (Å²) >= 11 is 0. The summed E-state index contributed by atoms with van der Waals surface area (Å²) in [6, 6.07) is 81.8. The van der Waals surface area contributed by atoms with Gasteiger partial charge in [-0.2, -0.15) is 0 Å². The van der Waals surface area contributed by atoms with Crippen LogP contribution in [0.15, 0.2) is 243 Å². The zero-order valence-corrected chi connectivity index (χ0v) is 37.7. The van der Waals surface area contributed by atoms with Crippen molar-refractivity contribution in [3.63, 3.8) is 0 Å². The fraction of sp³-hybridized carbons (Fsp3) is 0.0303. The van der Waals surface area contributed by atoms with E-state index < -0.39 is 0 Å². The maximum Gasteiger partial charge on any atom is 0.0560 e. The van der Waals surface area contributed by atoms with Gasteiger partial charge in [-0.1, -0.05) is 170 Å². The average Bonchev–Trinajstić information content (AvgIpc) is 4.13. The monoisotopic (exact) mass is 877 g/mol. The Bertz CT molecular complexity index is 4200. The van der Waals surface area contributed by atoms with E-state index in [4.69, 9.17) is 0 Å². The van der Waals surface area contributed by atoms with Crippen molar-refractivity contribution in [1.82, 2.24) is 9.13 Å². The molecule has 0 radical (unpaired) electrons. The number of aromatic nitrogens is 2. The normalized spacial score (nSPS) is 14.6. The Morgan fingerprint density at radius 3 is 1.52 bits per heavy atom. The van der Waals surface area contributed by atoms with Gasteiger partial charge in [0.2, 0.25) is 0 Å². The van der Waals surface area contributed by atoms with Gasteiger partial charge in [-0.15, -0.1) is 0 Å². The van der Waals surface area contributed by atoms with Gasteiger partial charge in [-0.05, 0) is 146 Å². The largest absolute Gasteiger partial charge is 0.333 e. The lowest BCUT2D eigenvalue weighted by atomic mass is 9.91. The molecule has 0 saturated heterocycles. The van der Waals surface area contributed by atoms with Crippen LogP contribution >= 0.6 is 0 Å². The molecule has 12 aromatic rings. The molecule has 3 aliphatic carbocycles. The number of allylic oxidation sites excluding steroid dienone is 4. The molecule has 3 aliphatic rings. The first-order chi connectivity index (χ1) is 34.2. The maximum absolute atomic E-state index is 2.54. The molecule has 2 aromatic heterocycles. The number of hydrogen-bond acceptors (Lipinski definition) is 1. The Hall–Kier alpha value is -8.92. The third-order valence-electron chi connectivity index (χ3n) is 15.1. The summed E-state index contributed by atoms with van der Waals surface area (Å²) in [6.07, 6.45) is 9.95. The quantitative estimate of drug-likeness (QED) is 0.168. The lowest BCUT2D eigenvalue weighted by Crippen LogP contribution is -2.11. The Morgan fingerprint density at radius 1 is 0.348 bits per heavy atom. The van der Waals surface area contributed by atoms with E-state index in [0.29, 0.717) is 0 Å². The molecule has 10 aromatic carbocycles. The SMILES string of the molecule is C1=CCC(n2c3ccccc3c3cc(N(c4ccc5c(c4)C(=C4c6ccccc6-c6ccccc64)c4ccccc4-5)c4ccc5c(c4)c4ccccc4n5-c4ccc5ccccc5c4)ccc32)C=C1. The molecule has 2 heterocycles. The van der Waals surface area contributed by atoms with Gasteiger partial charge in [0.25, 0.3) is 0 Å². The molecule has 1 atom stereocenters. The second-order valence-corrected chi connectivity index (χ2v) is 18.7. The van der Waals surface area contributed by atoms with Crippen LogP contribution in [0.4, 0.5) is 17.1 Å². The highest BCUT2D eigenvalue weighted by molar-refractivity contribution is 6.19. The van der Waals surface area contributed by atoms with Crippen molar-refractivity contribution in [2.24, 2.45) is 0 Å². The summed E-state index contributed by atoms with van der Waals surface area (Å²) in [5, 5.41) is 7.43. The molecule has 3 nitrogen and oxygen atoms in total. The first-order valence-corrected chi connectivity index (χ1v) is 24.1. The summed E-state index contributed by atoms with van der Waals surface area (Å²) in [6.45, 7) is 0. The van der Waals surface area contributed by atoms with E-state index >= 15 is 0 Å². The molecule has 0 bridgehead atoms. The second-order valence-electron chi connectivity index (χ2n) is 18.7. The molecule has 1 unspecified atom stereocenters. The first-order valence-electron chi connectivity index (χ1n) is 24.1. The molecule has 15 rings (SSSR count). The van der Waals surface area contributed by atoms with E-state index in [1.165, 1.54) is 110 Å². The topological polar surface area (TPSA) is 13.1 Å². The van der Waals surface area contributed by atoms with Gasteiger partial charge >= 0.3 is 0 Å². The Morgan fingerprint density at radius 2 is 0.841 bits per heavy atom. The Balaban J connectivity index is 0.988. The average molecular weight is 878 g/mol. The van der Waals surface area contributed by atoms with Gasteiger partial charge in [-0.25, -0.2) is 0 Å². The molecule has 0 spiro atoms. The van der Waals surface area contributed by atoms with Crippen molar-refractivity contribution in [3.05, 3.63) is 265 Å². The van der Waals surface area contributed by atoms with Crippen LogP contribution in [0.2, 0.25) is 0 Å². The molecular weight excluding hydrogens is 835 g/mol. The minimum atomic E-state index is 0.248. The number of rotatable bonds is 5. The lowest BCUT2D eigenvalue weighted by molar-refractivity contribution is 0.648. The van der Waals surface area contributed by atoms with Crippen LogP contribution in [-0.2, 0) is 0 Å². The molecule has 3 heteroatoms. The van der Waals surface area contributed by atoms with Crippen LogP contribution in [0.1, 0.15) is 34.7 Å². The van der Waals surface area contributed by atoms with Crippen LogP contribution < -0.4 is 4.90 Å². The lowest BCUT2D eigenvalue weighted by Gasteiger charge is -2.27. The van der Waals surface area contributed by atoms with Gasteiger partial charge in [0, 0.05) is 55.3 Å². The maximum atomic E-state index is 2.54. The van der Waals surface area contributed by atoms with Gasteiger partial charge in [-0.3, -0.25) is 0 Å². The third kappa shape index (κ3) is 5.62. The first kappa shape index (κ1) is 38.2. The van der Waals surface area contributed by atoms with Crippen molar-refractivity contribution in [1.29, 1.82) is 0 Å². The van der Waals surface area contributed by atoms with Crippen molar-refractivity contribution in [2.45, 2.75) is 12.5 Å². The van der Waals surface area contributed by atoms with Gasteiger partial charge in [0.05, 0.1) is 17.1 Å². The number of benzene rings is 10. The second kappa shape index (κ2) is 14.8. The van der Waals surface area contributed by atoms with E-state index in [1.54, 1.807) is 0 Å². The predicted molar refractivity (Wildman–Crippen MR) is 290 cm³/mol. The van der Waals surface area contributed by atoms with Gasteiger partial charge < -0.3 is 14.0 Å². The third-order valence-corrected chi connectivity index (χ3v) is 15.1. The summed E-state index contributed by atoms with van der Waals surface area (Å²) < 4.78 is 4.97. The summed E-state index contributed by atoms with van der Waals surface area (Å²) in [5.41, 5.74) is 22.2. The number of anilines is 3. The molecule has 0 N–H and O–H groups in total.